The van der Waals surface area contributed by atoms with Gasteiger partial charge < -0.3 is 10.1 Å². The summed E-state index contributed by atoms with van der Waals surface area (Å²) in [4.78, 5) is 21.8. The Morgan fingerprint density at radius 2 is 2.09 bits per heavy atom. The molecule has 0 atom stereocenters. The molecule has 1 amide bonds. The number of hydrogen-bond acceptors (Lipinski definition) is 4. The van der Waals surface area contributed by atoms with Crippen LogP contribution in [0.25, 0.3) is 0 Å². The molecule has 0 radical (unpaired) electrons. The lowest BCUT2D eigenvalue weighted by Gasteiger charge is -2.09. The largest absolute Gasteiger partial charge is 0.482 e. The Hall–Kier alpha value is -2.67. The van der Waals surface area contributed by atoms with Crippen molar-refractivity contribution in [1.82, 2.24) is 0 Å². The summed E-state index contributed by atoms with van der Waals surface area (Å²) in [6.07, 6.45) is 0. The molecular formula is C15H12ClFN2O4. The second-order valence-corrected chi connectivity index (χ2v) is 5.08. The number of ether oxygens (including phenoxy) is 1. The number of nitrogens with zero attached hydrogens (tertiary/aromatic N) is 1. The number of nitrogens with one attached hydrogen (secondary N) is 1. The van der Waals surface area contributed by atoms with Crippen LogP contribution in [0, 0.1) is 22.9 Å². The summed E-state index contributed by atoms with van der Waals surface area (Å²) in [6, 6.07) is 7.96. The molecule has 0 spiro atoms. The highest BCUT2D eigenvalue weighted by atomic mass is 35.5. The second-order valence-electron chi connectivity index (χ2n) is 4.67. The van der Waals surface area contributed by atoms with Crippen molar-refractivity contribution in [2.24, 2.45) is 0 Å². The van der Waals surface area contributed by atoms with E-state index in [0.717, 1.165) is 6.07 Å². The molecule has 120 valence electrons. The first-order valence-electron chi connectivity index (χ1n) is 6.49. The Morgan fingerprint density at radius 1 is 1.35 bits per heavy atom. The highest BCUT2D eigenvalue weighted by molar-refractivity contribution is 6.32. The summed E-state index contributed by atoms with van der Waals surface area (Å²) in [5.41, 5.74) is 0.593. The number of non-ortho nitro benzene ring substituents is 1. The molecule has 0 aliphatic carbocycles. The van der Waals surface area contributed by atoms with E-state index in [1.807, 2.05) is 0 Å². The van der Waals surface area contributed by atoms with Gasteiger partial charge in [-0.3, -0.25) is 14.9 Å². The van der Waals surface area contributed by atoms with E-state index < -0.39 is 16.6 Å². The maximum atomic E-state index is 13.4. The monoisotopic (exact) mass is 338 g/mol. The van der Waals surface area contributed by atoms with E-state index >= 15 is 0 Å². The van der Waals surface area contributed by atoms with Crippen LogP contribution in [-0.4, -0.2) is 17.4 Å². The molecule has 0 unspecified atom stereocenters. The molecule has 8 heteroatoms. The van der Waals surface area contributed by atoms with Crippen LogP contribution in [-0.2, 0) is 4.79 Å². The third kappa shape index (κ3) is 4.40. The fraction of sp³-hybridized carbons (Fsp3) is 0.133. The third-order valence-electron chi connectivity index (χ3n) is 2.94. The minimum Gasteiger partial charge on any atom is -0.482 e. The van der Waals surface area contributed by atoms with Crippen LogP contribution >= 0.6 is 11.6 Å². The van der Waals surface area contributed by atoms with Crippen molar-refractivity contribution >= 4 is 28.9 Å². The normalized spacial score (nSPS) is 10.2. The Balaban J connectivity index is 1.96. The molecule has 0 saturated heterocycles. The zero-order valence-electron chi connectivity index (χ0n) is 12.0. The number of nitro benzene ring substituents is 1. The maximum absolute atomic E-state index is 13.4. The molecule has 1 N–H and O–H groups in total. The molecule has 6 nitrogen and oxygen atoms in total. The van der Waals surface area contributed by atoms with Crippen molar-refractivity contribution in [3.8, 4) is 5.75 Å². The van der Waals surface area contributed by atoms with Gasteiger partial charge in [-0.1, -0.05) is 17.7 Å². The van der Waals surface area contributed by atoms with E-state index in [-0.39, 0.29) is 23.1 Å². The molecule has 0 saturated carbocycles. The average Bonchev–Trinajstić information content (AvgIpc) is 2.49. The lowest BCUT2D eigenvalue weighted by molar-refractivity contribution is -0.384. The van der Waals surface area contributed by atoms with Crippen molar-refractivity contribution < 1.29 is 18.8 Å². The lowest BCUT2D eigenvalue weighted by Crippen LogP contribution is -2.20. The standard InChI is InChI=1S/C15H12ClFN2O4/c1-9-2-3-10(6-13(9)17)18-15(20)8-23-14-5-4-11(19(21)22)7-12(14)16/h2-7H,8H2,1H3,(H,18,20). The number of nitro groups is 1. The fourth-order valence-electron chi connectivity index (χ4n) is 1.73. The number of hydrogen-bond donors (Lipinski definition) is 1. The van der Waals surface area contributed by atoms with Crippen LogP contribution in [0.1, 0.15) is 5.56 Å². The van der Waals surface area contributed by atoms with Gasteiger partial charge in [0.25, 0.3) is 11.6 Å². The van der Waals surface area contributed by atoms with E-state index in [9.17, 15) is 19.3 Å². The van der Waals surface area contributed by atoms with Gasteiger partial charge >= 0.3 is 0 Å². The van der Waals surface area contributed by atoms with Crippen LogP contribution in [0.4, 0.5) is 15.8 Å². The van der Waals surface area contributed by atoms with E-state index in [1.165, 1.54) is 18.2 Å². The predicted octanol–water partition coefficient (Wildman–Crippen LogP) is 3.71. The smallest absolute Gasteiger partial charge is 0.271 e. The number of carbonyl (C=O) groups excluding carboxylic acids is 1. The van der Waals surface area contributed by atoms with E-state index in [2.05, 4.69) is 5.32 Å². The Morgan fingerprint density at radius 3 is 2.70 bits per heavy atom. The molecule has 0 fully saturated rings. The summed E-state index contributed by atoms with van der Waals surface area (Å²) in [5, 5.41) is 13.1. The van der Waals surface area contributed by atoms with Crippen molar-refractivity contribution in [3.63, 3.8) is 0 Å². The average molecular weight is 339 g/mol. The summed E-state index contributed by atoms with van der Waals surface area (Å²) in [7, 11) is 0. The molecule has 0 bridgehead atoms. The summed E-state index contributed by atoms with van der Waals surface area (Å²) < 4.78 is 18.6. The SMILES string of the molecule is Cc1ccc(NC(=O)COc2ccc([N+](=O)[O-])cc2Cl)cc1F. The maximum Gasteiger partial charge on any atom is 0.271 e. The van der Waals surface area contributed by atoms with Gasteiger partial charge in [0.15, 0.2) is 6.61 Å². The molecule has 2 aromatic rings. The quantitative estimate of drug-likeness (QED) is 0.665. The van der Waals surface area contributed by atoms with Crippen LogP contribution < -0.4 is 10.1 Å². The van der Waals surface area contributed by atoms with Crippen molar-refractivity contribution in [2.75, 3.05) is 11.9 Å². The lowest BCUT2D eigenvalue weighted by atomic mass is 10.2. The number of amides is 1. The van der Waals surface area contributed by atoms with Gasteiger partial charge in [-0.15, -0.1) is 0 Å². The van der Waals surface area contributed by atoms with E-state index in [4.69, 9.17) is 16.3 Å². The van der Waals surface area contributed by atoms with E-state index in [0.29, 0.717) is 11.3 Å². The summed E-state index contributed by atoms with van der Waals surface area (Å²) >= 11 is 5.84. The Labute approximate surface area is 136 Å². The second kappa shape index (κ2) is 7.06. The van der Waals surface area contributed by atoms with Crippen LogP contribution in [0.15, 0.2) is 36.4 Å². The fourth-order valence-corrected chi connectivity index (χ4v) is 1.96. The minimum atomic E-state index is -0.589. The number of benzene rings is 2. The van der Waals surface area contributed by atoms with Gasteiger partial charge in [0.05, 0.1) is 9.95 Å². The zero-order valence-corrected chi connectivity index (χ0v) is 12.8. The van der Waals surface area contributed by atoms with Crippen molar-refractivity contribution in [3.05, 3.63) is 62.9 Å². The highest BCUT2D eigenvalue weighted by Gasteiger charge is 2.12. The zero-order chi connectivity index (χ0) is 17.0. The molecular weight excluding hydrogens is 327 g/mol. The topological polar surface area (TPSA) is 81.5 Å². The molecule has 0 aliphatic rings. The van der Waals surface area contributed by atoms with Gasteiger partial charge in [-0.25, -0.2) is 4.39 Å². The van der Waals surface area contributed by atoms with Gasteiger partial charge in [-0.05, 0) is 30.7 Å². The number of halogens is 2. The Kier molecular flexibility index (Phi) is 5.13. The Bertz CT molecular complexity index is 767. The van der Waals surface area contributed by atoms with Crippen molar-refractivity contribution in [2.45, 2.75) is 6.92 Å². The third-order valence-corrected chi connectivity index (χ3v) is 3.24. The molecule has 0 aliphatic heterocycles. The summed E-state index contributed by atoms with van der Waals surface area (Å²) in [5.74, 6) is -0.799. The first-order chi connectivity index (χ1) is 10.9. The highest BCUT2D eigenvalue weighted by Crippen LogP contribution is 2.28. The van der Waals surface area contributed by atoms with Gasteiger partial charge in [0.2, 0.25) is 0 Å². The molecule has 2 aromatic carbocycles. The minimum absolute atomic E-state index is 0.0216. The van der Waals surface area contributed by atoms with Gasteiger partial charge in [-0.2, -0.15) is 0 Å². The van der Waals surface area contributed by atoms with Crippen LogP contribution in [0.2, 0.25) is 5.02 Å². The number of aryl methyl sites for hydroxylation is 1. The van der Waals surface area contributed by atoms with Crippen molar-refractivity contribution in [1.29, 1.82) is 0 Å². The number of anilines is 1. The number of carbonyl (C=O) groups is 1. The summed E-state index contributed by atoms with van der Waals surface area (Å²) in [6.45, 7) is 1.24. The first kappa shape index (κ1) is 16.7. The molecule has 0 heterocycles. The van der Waals surface area contributed by atoms with Crippen LogP contribution in [0.3, 0.4) is 0 Å². The molecule has 23 heavy (non-hydrogen) atoms. The predicted molar refractivity (Wildman–Crippen MR) is 83.4 cm³/mol. The molecule has 0 aromatic heterocycles. The van der Waals surface area contributed by atoms with Gasteiger partial charge in [0.1, 0.15) is 11.6 Å². The molecule has 2 rings (SSSR count). The first-order valence-corrected chi connectivity index (χ1v) is 6.87. The van der Waals surface area contributed by atoms with E-state index in [1.54, 1.807) is 19.1 Å². The van der Waals surface area contributed by atoms with Crippen LogP contribution in [0.5, 0.6) is 5.75 Å². The van der Waals surface area contributed by atoms with Gasteiger partial charge in [0, 0.05) is 17.8 Å². The number of rotatable bonds is 5.